The van der Waals surface area contributed by atoms with Gasteiger partial charge in [0.25, 0.3) is 0 Å². The maximum Gasteiger partial charge on any atom is 0.226 e. The first-order chi connectivity index (χ1) is 7.20. The minimum atomic E-state index is 0.297. The lowest BCUT2D eigenvalue weighted by Gasteiger charge is -2.02. The summed E-state index contributed by atoms with van der Waals surface area (Å²) in [6.45, 7) is 3.85. The van der Waals surface area contributed by atoms with Crippen molar-refractivity contribution in [3.63, 3.8) is 0 Å². The summed E-state index contributed by atoms with van der Waals surface area (Å²) in [5.41, 5.74) is 1.74. The van der Waals surface area contributed by atoms with E-state index in [-0.39, 0.29) is 0 Å². The molecular weight excluding hydrogens is 190 g/mol. The van der Waals surface area contributed by atoms with Crippen LogP contribution in [0.15, 0.2) is 28.8 Å². The van der Waals surface area contributed by atoms with Crippen molar-refractivity contribution in [2.24, 2.45) is 0 Å². The molecule has 0 bridgehead atoms. The number of oxazole rings is 1. The fraction of sp³-hybridized carbons (Fsp3) is 0.250. The molecule has 0 fully saturated rings. The number of phenolic OH excluding ortho intramolecular Hbond substituents is 1. The van der Waals surface area contributed by atoms with E-state index in [0.717, 1.165) is 23.3 Å². The summed E-state index contributed by atoms with van der Waals surface area (Å²) in [6, 6.07) is 5.48. The third-order valence-electron chi connectivity index (χ3n) is 2.33. The average Bonchev–Trinajstić information content (AvgIpc) is 2.65. The highest BCUT2D eigenvalue weighted by Gasteiger charge is 2.07. The molecule has 0 unspecified atom stereocenters. The molecule has 1 heterocycles. The summed E-state index contributed by atoms with van der Waals surface area (Å²) in [6.07, 6.45) is 2.48. The molecule has 0 saturated carbocycles. The van der Waals surface area contributed by atoms with Crippen molar-refractivity contribution in [1.82, 2.24) is 4.98 Å². The highest BCUT2D eigenvalue weighted by Crippen LogP contribution is 2.26. The van der Waals surface area contributed by atoms with Gasteiger partial charge in [-0.3, -0.25) is 0 Å². The van der Waals surface area contributed by atoms with Crippen LogP contribution in [0.25, 0.3) is 11.5 Å². The second kappa shape index (κ2) is 3.77. The van der Waals surface area contributed by atoms with Gasteiger partial charge in [0.2, 0.25) is 5.89 Å². The van der Waals surface area contributed by atoms with Crippen LogP contribution in [0, 0.1) is 6.92 Å². The Morgan fingerprint density at radius 3 is 2.73 bits per heavy atom. The number of aryl methyl sites for hydroxylation is 2. The van der Waals surface area contributed by atoms with Gasteiger partial charge in [0.05, 0.1) is 6.20 Å². The molecule has 0 spiro atoms. The summed E-state index contributed by atoms with van der Waals surface area (Å²) < 4.78 is 5.38. The SMILES string of the molecule is CCc1ccc(-c2ncc(C)o2)cc1O. The van der Waals surface area contributed by atoms with E-state index in [4.69, 9.17) is 4.42 Å². The first kappa shape index (κ1) is 9.77. The molecule has 3 heteroatoms. The monoisotopic (exact) mass is 203 g/mol. The van der Waals surface area contributed by atoms with E-state index in [1.54, 1.807) is 12.3 Å². The molecule has 0 aliphatic carbocycles. The van der Waals surface area contributed by atoms with Gasteiger partial charge < -0.3 is 9.52 Å². The van der Waals surface area contributed by atoms with Gasteiger partial charge in [-0.15, -0.1) is 0 Å². The van der Waals surface area contributed by atoms with E-state index in [1.807, 2.05) is 26.0 Å². The van der Waals surface area contributed by atoms with Gasteiger partial charge >= 0.3 is 0 Å². The lowest BCUT2D eigenvalue weighted by atomic mass is 10.1. The molecule has 1 aromatic heterocycles. The molecule has 2 aromatic rings. The number of phenols is 1. The van der Waals surface area contributed by atoms with Gasteiger partial charge in [-0.2, -0.15) is 0 Å². The average molecular weight is 203 g/mol. The summed E-state index contributed by atoms with van der Waals surface area (Å²) in [5, 5.41) is 9.69. The Labute approximate surface area is 88.4 Å². The Morgan fingerprint density at radius 2 is 2.20 bits per heavy atom. The summed E-state index contributed by atoms with van der Waals surface area (Å²) >= 11 is 0. The molecule has 0 atom stereocenters. The lowest BCUT2D eigenvalue weighted by molar-refractivity contribution is 0.468. The first-order valence-electron chi connectivity index (χ1n) is 4.95. The van der Waals surface area contributed by atoms with Gasteiger partial charge in [0.15, 0.2) is 0 Å². The van der Waals surface area contributed by atoms with Crippen molar-refractivity contribution < 1.29 is 9.52 Å². The van der Waals surface area contributed by atoms with Crippen molar-refractivity contribution in [1.29, 1.82) is 0 Å². The number of rotatable bonds is 2. The quantitative estimate of drug-likeness (QED) is 0.816. The minimum Gasteiger partial charge on any atom is -0.508 e. The van der Waals surface area contributed by atoms with Gasteiger partial charge in [-0.1, -0.05) is 13.0 Å². The van der Waals surface area contributed by atoms with Crippen LogP contribution in [-0.4, -0.2) is 10.1 Å². The third-order valence-corrected chi connectivity index (χ3v) is 2.33. The maximum atomic E-state index is 9.69. The highest BCUT2D eigenvalue weighted by molar-refractivity contribution is 5.57. The van der Waals surface area contributed by atoms with E-state index in [9.17, 15) is 5.11 Å². The van der Waals surface area contributed by atoms with Gasteiger partial charge in [0.1, 0.15) is 11.5 Å². The molecule has 78 valence electrons. The van der Waals surface area contributed by atoms with E-state index in [1.165, 1.54) is 0 Å². The third kappa shape index (κ3) is 1.86. The zero-order chi connectivity index (χ0) is 10.8. The Kier molecular flexibility index (Phi) is 2.46. The van der Waals surface area contributed by atoms with Crippen LogP contribution in [-0.2, 0) is 6.42 Å². The van der Waals surface area contributed by atoms with Gasteiger partial charge in [-0.05, 0) is 31.0 Å². The molecule has 15 heavy (non-hydrogen) atoms. The van der Waals surface area contributed by atoms with Crippen LogP contribution < -0.4 is 0 Å². The van der Waals surface area contributed by atoms with E-state index in [2.05, 4.69) is 4.98 Å². The molecule has 1 N–H and O–H groups in total. The molecule has 2 rings (SSSR count). The molecule has 0 saturated heterocycles. The zero-order valence-corrected chi connectivity index (χ0v) is 8.82. The maximum absolute atomic E-state index is 9.69. The molecule has 0 aliphatic heterocycles. The molecule has 0 aliphatic rings. The second-order valence-corrected chi connectivity index (χ2v) is 3.47. The summed E-state index contributed by atoms with van der Waals surface area (Å²) in [4.78, 5) is 4.10. The smallest absolute Gasteiger partial charge is 0.226 e. The Balaban J connectivity index is 2.42. The van der Waals surface area contributed by atoms with Crippen LogP contribution in [0.2, 0.25) is 0 Å². The van der Waals surface area contributed by atoms with E-state index < -0.39 is 0 Å². The Hall–Kier alpha value is -1.77. The molecule has 0 radical (unpaired) electrons. The minimum absolute atomic E-state index is 0.297. The van der Waals surface area contributed by atoms with E-state index >= 15 is 0 Å². The number of aromatic hydroxyl groups is 1. The topological polar surface area (TPSA) is 46.3 Å². The normalized spacial score (nSPS) is 10.5. The van der Waals surface area contributed by atoms with Crippen molar-refractivity contribution in [3.05, 3.63) is 35.7 Å². The predicted octanol–water partition coefficient (Wildman–Crippen LogP) is 2.92. The van der Waals surface area contributed by atoms with Crippen molar-refractivity contribution in [2.45, 2.75) is 20.3 Å². The van der Waals surface area contributed by atoms with Gasteiger partial charge in [0, 0.05) is 5.56 Å². The number of aromatic nitrogens is 1. The standard InChI is InChI=1S/C12H13NO2/c1-3-9-4-5-10(6-11(9)14)12-13-7-8(2)15-12/h4-7,14H,3H2,1-2H3. The van der Waals surface area contributed by atoms with Crippen LogP contribution in [0.4, 0.5) is 0 Å². The molecule has 0 amide bonds. The van der Waals surface area contributed by atoms with Crippen molar-refractivity contribution in [2.75, 3.05) is 0 Å². The van der Waals surface area contributed by atoms with Crippen LogP contribution in [0.5, 0.6) is 5.75 Å². The Bertz CT molecular complexity index is 474. The van der Waals surface area contributed by atoms with Crippen LogP contribution in [0.1, 0.15) is 18.2 Å². The highest BCUT2D eigenvalue weighted by atomic mass is 16.4. The first-order valence-corrected chi connectivity index (χ1v) is 4.95. The predicted molar refractivity (Wildman–Crippen MR) is 57.7 cm³/mol. The molecule has 1 aromatic carbocycles. The van der Waals surface area contributed by atoms with Gasteiger partial charge in [-0.25, -0.2) is 4.98 Å². The number of nitrogens with zero attached hydrogens (tertiary/aromatic N) is 1. The van der Waals surface area contributed by atoms with Crippen molar-refractivity contribution in [3.8, 4) is 17.2 Å². The largest absolute Gasteiger partial charge is 0.508 e. The zero-order valence-electron chi connectivity index (χ0n) is 8.82. The van der Waals surface area contributed by atoms with Crippen LogP contribution >= 0.6 is 0 Å². The van der Waals surface area contributed by atoms with E-state index in [0.29, 0.717) is 11.6 Å². The van der Waals surface area contributed by atoms with Crippen LogP contribution in [0.3, 0.4) is 0 Å². The fourth-order valence-corrected chi connectivity index (χ4v) is 1.48. The fourth-order valence-electron chi connectivity index (χ4n) is 1.48. The Morgan fingerprint density at radius 1 is 1.40 bits per heavy atom. The molecule has 3 nitrogen and oxygen atoms in total. The number of hydrogen-bond donors (Lipinski definition) is 1. The number of benzene rings is 1. The lowest BCUT2D eigenvalue weighted by Crippen LogP contribution is -1.83. The summed E-state index contributed by atoms with van der Waals surface area (Å²) in [5.74, 6) is 1.61. The van der Waals surface area contributed by atoms with Crippen molar-refractivity contribution >= 4 is 0 Å². The second-order valence-electron chi connectivity index (χ2n) is 3.47. The molecular formula is C12H13NO2. The summed E-state index contributed by atoms with van der Waals surface area (Å²) in [7, 11) is 0. The number of hydrogen-bond acceptors (Lipinski definition) is 3.